The molecule has 0 bridgehead atoms. The van der Waals surface area contributed by atoms with Crippen LogP contribution in [0.4, 0.5) is 14.4 Å². The number of nitrogens with one attached hydrogen (secondary N) is 3. The summed E-state index contributed by atoms with van der Waals surface area (Å²) in [7, 11) is -0.452. The molecular formula is C63H92BI2N3O15. The van der Waals surface area contributed by atoms with Gasteiger partial charge in [0.25, 0.3) is 0 Å². The fraction of sp³-hybridized carbons (Fsp3) is 0.619. The normalized spacial score (nSPS) is 17.9. The van der Waals surface area contributed by atoms with E-state index in [1.807, 2.05) is 100 Å². The van der Waals surface area contributed by atoms with Gasteiger partial charge in [-0.25, -0.2) is 28.8 Å². The zero-order valence-corrected chi connectivity index (χ0v) is 55.8. The van der Waals surface area contributed by atoms with Crippen LogP contribution < -0.4 is 21.4 Å². The summed E-state index contributed by atoms with van der Waals surface area (Å²) in [6.45, 7) is 24.0. The van der Waals surface area contributed by atoms with Gasteiger partial charge in [0.05, 0.1) is 17.3 Å². The van der Waals surface area contributed by atoms with E-state index in [4.69, 9.17) is 43.2 Å². The van der Waals surface area contributed by atoms with E-state index >= 15 is 0 Å². The lowest BCUT2D eigenvalue weighted by Crippen LogP contribution is -2.46. The number of alkyl carbamates (subject to hydrolysis) is 3. The van der Waals surface area contributed by atoms with Crippen LogP contribution in [0.25, 0.3) is 0 Å². The van der Waals surface area contributed by atoms with Gasteiger partial charge in [-0.1, -0.05) is 61.4 Å². The van der Waals surface area contributed by atoms with E-state index in [1.54, 1.807) is 62.3 Å². The molecule has 466 valence electrons. The third-order valence-corrected chi connectivity index (χ3v) is 15.5. The average Bonchev–Trinajstić information content (AvgIpc) is 4.41. The van der Waals surface area contributed by atoms with Crippen LogP contribution in [0.3, 0.4) is 0 Å². The quantitative estimate of drug-likeness (QED) is 0.0411. The number of carboxylic acids is 1. The lowest BCUT2D eigenvalue weighted by atomic mass is 9.78. The van der Waals surface area contributed by atoms with Crippen molar-refractivity contribution in [1.29, 1.82) is 0 Å². The highest BCUT2D eigenvalue weighted by Gasteiger charge is 2.51. The number of aliphatic hydroxyl groups is 1. The Morgan fingerprint density at radius 3 is 1.08 bits per heavy atom. The molecule has 3 aromatic carbocycles. The second-order valence-electron chi connectivity index (χ2n) is 25.8. The van der Waals surface area contributed by atoms with Crippen LogP contribution >= 0.6 is 45.2 Å². The van der Waals surface area contributed by atoms with Crippen molar-refractivity contribution < 1.29 is 72.0 Å². The predicted octanol–water partition coefficient (Wildman–Crippen LogP) is 11.9. The lowest BCUT2D eigenvalue weighted by molar-refractivity contribution is -0.152. The summed E-state index contributed by atoms with van der Waals surface area (Å²) in [6.07, 6.45) is 11.2. The van der Waals surface area contributed by atoms with E-state index in [1.165, 1.54) is 12.8 Å². The minimum atomic E-state index is -1.09. The van der Waals surface area contributed by atoms with Gasteiger partial charge in [-0.15, -0.1) is 0 Å². The maximum Gasteiger partial charge on any atom is 0.494 e. The molecular weight excluding hydrogens is 1300 g/mol. The van der Waals surface area contributed by atoms with Crippen LogP contribution in [-0.2, 0) is 66.6 Å². The standard InChI is InChI=1S/C25H38BNO6.C19H26INO4.C14H18INO4.C5H10O/c1-23(2,3)31-22(29)27-20(21(28)30-19-10-8-9-11-19)16-17-12-14-18(15-13-17)26-32-24(4,5)25(6,7)33-26;1-19(2,3)25-18(23)21-16(12-13-8-10-14(20)11-9-13)17(22)24-15-6-4-5-7-15;1-14(2,3)20-13(19)16-11(12(17)18)8-9-4-6-10(15)7-5-9;6-5-3-1-2-4-5/h12-15,19-20H,8-11,16H2,1-7H3,(H,27,29);8-11,15-16H,4-7,12H2,1-3H3,(H,21,23);4-7,11H,8H2,1-3H3,(H,16,19)(H,17,18);5-6H,1-4H2/t20-;16-;11-;/m000./s1. The average molecular weight is 1400 g/mol. The van der Waals surface area contributed by atoms with Crippen molar-refractivity contribution >= 4 is 94.0 Å². The molecule has 84 heavy (non-hydrogen) atoms. The minimum absolute atomic E-state index is 0.0350. The van der Waals surface area contributed by atoms with Crippen molar-refractivity contribution in [2.45, 2.75) is 251 Å². The van der Waals surface area contributed by atoms with Gasteiger partial charge in [0.2, 0.25) is 0 Å². The minimum Gasteiger partial charge on any atom is -0.480 e. The second kappa shape index (κ2) is 32.9. The van der Waals surface area contributed by atoms with E-state index in [0.29, 0.717) is 12.8 Å². The van der Waals surface area contributed by atoms with E-state index in [0.717, 1.165) is 93.5 Å². The summed E-state index contributed by atoms with van der Waals surface area (Å²) in [5.74, 6) is -1.91. The molecule has 1 aliphatic heterocycles. The van der Waals surface area contributed by atoms with Crippen LogP contribution in [-0.4, -0.2) is 118 Å². The molecule has 21 heteroatoms. The van der Waals surface area contributed by atoms with E-state index in [-0.39, 0.29) is 24.7 Å². The van der Waals surface area contributed by atoms with Crippen molar-refractivity contribution in [3.63, 3.8) is 0 Å². The summed E-state index contributed by atoms with van der Waals surface area (Å²) >= 11 is 4.40. The third kappa shape index (κ3) is 27.3. The molecule has 3 aromatic rings. The van der Waals surface area contributed by atoms with Crippen LogP contribution in [0.2, 0.25) is 0 Å². The Morgan fingerprint density at radius 2 is 0.798 bits per heavy atom. The van der Waals surface area contributed by atoms with Crippen LogP contribution in [0, 0.1) is 7.14 Å². The zero-order chi connectivity index (χ0) is 62.6. The summed E-state index contributed by atoms with van der Waals surface area (Å²) < 4.78 is 41.4. The highest BCUT2D eigenvalue weighted by atomic mass is 127. The number of amides is 3. The Bertz CT molecular complexity index is 2550. The van der Waals surface area contributed by atoms with Gasteiger partial charge in [-0.2, -0.15) is 0 Å². The molecule has 4 fully saturated rings. The molecule has 0 spiro atoms. The van der Waals surface area contributed by atoms with Gasteiger partial charge >= 0.3 is 43.3 Å². The molecule has 1 heterocycles. The zero-order valence-electron chi connectivity index (χ0n) is 51.5. The van der Waals surface area contributed by atoms with E-state index in [9.17, 15) is 28.8 Å². The summed E-state index contributed by atoms with van der Waals surface area (Å²) in [4.78, 5) is 72.8. The predicted molar refractivity (Wildman–Crippen MR) is 340 cm³/mol. The Labute approximate surface area is 525 Å². The van der Waals surface area contributed by atoms with Gasteiger partial charge in [-0.05, 0) is 246 Å². The van der Waals surface area contributed by atoms with Crippen LogP contribution in [0.15, 0.2) is 72.8 Å². The van der Waals surface area contributed by atoms with Gasteiger partial charge in [0, 0.05) is 26.4 Å². The molecule has 7 rings (SSSR count). The fourth-order valence-corrected chi connectivity index (χ4v) is 9.80. The van der Waals surface area contributed by atoms with Gasteiger partial charge in [0.15, 0.2) is 0 Å². The van der Waals surface area contributed by atoms with Crippen LogP contribution in [0.1, 0.15) is 184 Å². The monoisotopic (exact) mass is 1400 g/mol. The summed E-state index contributed by atoms with van der Waals surface area (Å²) in [5.41, 5.74) is 0.837. The Hall–Kier alpha value is -4.72. The number of hydrogen-bond donors (Lipinski definition) is 5. The fourth-order valence-electron chi connectivity index (χ4n) is 9.08. The topological polar surface area (TPSA) is 244 Å². The summed E-state index contributed by atoms with van der Waals surface area (Å²) in [5, 5.41) is 25.6. The number of esters is 2. The Kier molecular flexibility index (Phi) is 28.1. The maximum absolute atomic E-state index is 12.9. The molecule has 1 saturated heterocycles. The van der Waals surface area contributed by atoms with E-state index < -0.39 is 89.4 Å². The van der Waals surface area contributed by atoms with E-state index in [2.05, 4.69) is 61.1 Å². The lowest BCUT2D eigenvalue weighted by Gasteiger charge is -2.32. The molecule has 3 amide bonds. The number of aliphatic hydroxyl groups excluding tert-OH is 1. The molecule has 3 saturated carbocycles. The smallest absolute Gasteiger partial charge is 0.480 e. The SMILES string of the molecule is CC(C)(C)OC(=O)N[C@@H](Cc1ccc(B2OC(C)(C)C(C)(C)O2)cc1)C(=O)OC1CCCC1.CC(C)(C)OC(=O)N[C@@H](Cc1ccc(I)cc1)C(=O)O.CC(C)(C)OC(=O)N[C@@H](Cc1ccc(I)cc1)C(=O)OC1CCCC1.OC1CCCC1. The molecule has 5 N–H and O–H groups in total. The number of ether oxygens (including phenoxy) is 5. The van der Waals surface area contributed by atoms with Gasteiger partial charge < -0.3 is 59.2 Å². The number of halogens is 2. The second-order valence-corrected chi connectivity index (χ2v) is 28.2. The van der Waals surface area contributed by atoms with Gasteiger partial charge in [0.1, 0.15) is 47.1 Å². The first-order valence-electron chi connectivity index (χ1n) is 29.3. The number of hydrogen-bond acceptors (Lipinski definition) is 14. The first-order valence-corrected chi connectivity index (χ1v) is 31.4. The number of carbonyl (C=O) groups excluding carboxylic acids is 5. The highest BCUT2D eigenvalue weighted by Crippen LogP contribution is 2.36. The first-order chi connectivity index (χ1) is 39.0. The van der Waals surface area contributed by atoms with Crippen molar-refractivity contribution in [2.75, 3.05) is 0 Å². The summed E-state index contributed by atoms with van der Waals surface area (Å²) in [6, 6.07) is 20.4. The molecule has 4 aliphatic rings. The number of aliphatic carboxylic acids is 1. The number of benzene rings is 3. The third-order valence-electron chi connectivity index (χ3n) is 14.1. The van der Waals surface area contributed by atoms with Crippen molar-refractivity contribution in [3.8, 4) is 0 Å². The molecule has 0 aromatic heterocycles. The number of carbonyl (C=O) groups is 6. The number of carboxylic acid groups (broad SMARTS) is 1. The Morgan fingerprint density at radius 1 is 0.512 bits per heavy atom. The molecule has 3 aliphatic carbocycles. The van der Waals surface area contributed by atoms with Crippen molar-refractivity contribution in [1.82, 2.24) is 16.0 Å². The van der Waals surface area contributed by atoms with Crippen LogP contribution in [0.5, 0.6) is 0 Å². The maximum atomic E-state index is 12.9. The first kappa shape index (κ1) is 71.8. The molecule has 0 radical (unpaired) electrons. The van der Waals surface area contributed by atoms with Crippen molar-refractivity contribution in [2.24, 2.45) is 0 Å². The molecule has 3 atom stereocenters. The molecule has 0 unspecified atom stereocenters. The van der Waals surface area contributed by atoms with Gasteiger partial charge in [-0.3, -0.25) is 0 Å². The highest BCUT2D eigenvalue weighted by molar-refractivity contribution is 14.1. The largest absolute Gasteiger partial charge is 0.494 e. The van der Waals surface area contributed by atoms with Crippen molar-refractivity contribution in [3.05, 3.63) is 96.6 Å². The number of rotatable bonds is 15. The Balaban J connectivity index is 0.000000264. The molecule has 18 nitrogen and oxygen atoms in total.